The Morgan fingerprint density at radius 3 is 2.88 bits per heavy atom. The van der Waals surface area contributed by atoms with Gasteiger partial charge in [0.05, 0.1) is 0 Å². The van der Waals surface area contributed by atoms with E-state index in [2.05, 4.69) is 41.1 Å². The van der Waals surface area contributed by atoms with Crippen LogP contribution in [-0.4, -0.2) is 31.6 Å². The number of likely N-dealkylation sites (N-methyl/N-ethyl adjacent to an activating group) is 1. The summed E-state index contributed by atoms with van der Waals surface area (Å²) in [5.74, 6) is 0. The quantitative estimate of drug-likeness (QED) is 0.772. The van der Waals surface area contributed by atoms with Gasteiger partial charge in [0, 0.05) is 26.2 Å². The van der Waals surface area contributed by atoms with Gasteiger partial charge in [-0.3, -0.25) is 4.90 Å². The highest BCUT2D eigenvalue weighted by Gasteiger charge is 2.15. The summed E-state index contributed by atoms with van der Waals surface area (Å²) < 4.78 is 0. The first-order chi connectivity index (χ1) is 7.79. The second-order valence-electron chi connectivity index (χ2n) is 4.51. The monoisotopic (exact) mass is 216 g/mol. The molecule has 1 aliphatic rings. The summed E-state index contributed by atoms with van der Waals surface area (Å²) in [5, 5.41) is 3.15. The zero-order valence-corrected chi connectivity index (χ0v) is 10.00. The topological polar surface area (TPSA) is 15.3 Å². The van der Waals surface area contributed by atoms with Gasteiger partial charge in [0.1, 0.15) is 0 Å². The Bertz CT molecular complexity index is 371. The third-order valence-electron chi connectivity index (χ3n) is 3.08. The van der Waals surface area contributed by atoms with E-state index in [1.54, 1.807) is 0 Å². The van der Waals surface area contributed by atoms with Gasteiger partial charge in [-0.25, -0.2) is 0 Å². The van der Waals surface area contributed by atoms with Crippen LogP contribution in [0.5, 0.6) is 0 Å². The molecule has 1 N–H and O–H groups in total. The molecule has 1 aromatic rings. The number of fused-ring (bicyclic) bond motifs is 1. The van der Waals surface area contributed by atoms with Crippen LogP contribution in [0.25, 0.3) is 0 Å². The van der Waals surface area contributed by atoms with Gasteiger partial charge in [0.25, 0.3) is 0 Å². The van der Waals surface area contributed by atoms with Gasteiger partial charge < -0.3 is 5.32 Å². The van der Waals surface area contributed by atoms with Crippen LogP contribution in [-0.2, 0) is 13.0 Å². The van der Waals surface area contributed by atoms with Crippen molar-refractivity contribution in [1.29, 1.82) is 0 Å². The van der Waals surface area contributed by atoms with Gasteiger partial charge in [-0.1, -0.05) is 30.8 Å². The Kier molecular flexibility index (Phi) is 3.75. The fraction of sp³-hybridized carbons (Fsp3) is 0.429. The Morgan fingerprint density at radius 1 is 1.38 bits per heavy atom. The van der Waals surface area contributed by atoms with E-state index in [9.17, 15) is 0 Å². The number of benzene rings is 1. The van der Waals surface area contributed by atoms with E-state index in [0.29, 0.717) is 0 Å². The summed E-state index contributed by atoms with van der Waals surface area (Å²) in [6, 6.07) is 8.75. The van der Waals surface area contributed by atoms with E-state index in [4.69, 9.17) is 0 Å². The molecule has 0 aliphatic carbocycles. The zero-order valence-electron chi connectivity index (χ0n) is 10.00. The third kappa shape index (κ3) is 2.71. The fourth-order valence-electron chi connectivity index (χ4n) is 2.31. The first-order valence-electron chi connectivity index (χ1n) is 5.90. The molecule has 2 heteroatoms. The largest absolute Gasteiger partial charge is 0.316 e. The number of hydrogen-bond donors (Lipinski definition) is 1. The van der Waals surface area contributed by atoms with Gasteiger partial charge in [-0.05, 0) is 30.2 Å². The number of nitrogens with one attached hydrogen (secondary N) is 1. The van der Waals surface area contributed by atoms with Crippen LogP contribution >= 0.6 is 0 Å². The molecule has 0 saturated carbocycles. The molecule has 86 valence electrons. The molecule has 1 heterocycles. The van der Waals surface area contributed by atoms with Crippen LogP contribution in [0, 0.1) is 0 Å². The summed E-state index contributed by atoms with van der Waals surface area (Å²) in [4.78, 5) is 2.47. The molecule has 0 radical (unpaired) electrons. The Balaban J connectivity index is 1.95. The van der Waals surface area contributed by atoms with Crippen molar-refractivity contribution in [1.82, 2.24) is 10.2 Å². The van der Waals surface area contributed by atoms with Crippen LogP contribution in [0.2, 0.25) is 0 Å². The van der Waals surface area contributed by atoms with E-state index < -0.39 is 0 Å². The smallest absolute Gasteiger partial charge is 0.0240 e. The van der Waals surface area contributed by atoms with Gasteiger partial charge in [0.2, 0.25) is 0 Å². The molecule has 0 atom stereocenters. The van der Waals surface area contributed by atoms with Crippen molar-refractivity contribution in [2.24, 2.45) is 0 Å². The molecular formula is C14H20N2. The Labute approximate surface area is 98.0 Å². The lowest BCUT2D eigenvalue weighted by molar-refractivity contribution is 0.274. The highest BCUT2D eigenvalue weighted by Crippen LogP contribution is 2.18. The molecule has 2 nitrogen and oxygen atoms in total. The molecule has 0 bridgehead atoms. The van der Waals surface area contributed by atoms with E-state index in [1.807, 2.05) is 7.05 Å². The van der Waals surface area contributed by atoms with Gasteiger partial charge in [0.15, 0.2) is 0 Å². The molecule has 0 saturated heterocycles. The summed E-state index contributed by atoms with van der Waals surface area (Å²) >= 11 is 0. The van der Waals surface area contributed by atoms with E-state index >= 15 is 0 Å². The average molecular weight is 216 g/mol. The van der Waals surface area contributed by atoms with E-state index in [0.717, 1.165) is 26.2 Å². The van der Waals surface area contributed by atoms with Crippen molar-refractivity contribution in [2.45, 2.75) is 13.0 Å². The molecule has 1 aromatic carbocycles. The fourth-order valence-corrected chi connectivity index (χ4v) is 2.31. The van der Waals surface area contributed by atoms with Crippen LogP contribution in [0.3, 0.4) is 0 Å². The van der Waals surface area contributed by atoms with Crippen LogP contribution < -0.4 is 5.32 Å². The van der Waals surface area contributed by atoms with Gasteiger partial charge in [-0.2, -0.15) is 0 Å². The number of hydrogen-bond acceptors (Lipinski definition) is 2. The third-order valence-corrected chi connectivity index (χ3v) is 3.08. The second-order valence-corrected chi connectivity index (χ2v) is 4.51. The zero-order chi connectivity index (χ0) is 11.4. The molecule has 16 heavy (non-hydrogen) atoms. The summed E-state index contributed by atoms with van der Waals surface area (Å²) in [7, 11) is 1.97. The minimum absolute atomic E-state index is 0.915. The Morgan fingerprint density at radius 2 is 2.12 bits per heavy atom. The maximum atomic E-state index is 4.09. The summed E-state index contributed by atoms with van der Waals surface area (Å²) in [5.41, 5.74) is 4.26. The summed E-state index contributed by atoms with van der Waals surface area (Å²) in [6.45, 7) is 8.24. The normalized spacial score (nSPS) is 15.8. The lowest BCUT2D eigenvalue weighted by Crippen LogP contribution is -2.33. The van der Waals surface area contributed by atoms with Crippen molar-refractivity contribution in [2.75, 3.05) is 26.7 Å². The molecule has 1 aliphatic heterocycles. The van der Waals surface area contributed by atoms with Crippen molar-refractivity contribution in [3.63, 3.8) is 0 Å². The molecule has 0 amide bonds. The summed E-state index contributed by atoms with van der Waals surface area (Å²) in [6.07, 6.45) is 1.17. The standard InChI is InChI=1S/C14H20N2/c1-12(9-15-2)10-16-8-7-13-5-3-4-6-14(13)11-16/h3-6,15H,1,7-11H2,2H3. The maximum Gasteiger partial charge on any atom is 0.0240 e. The lowest BCUT2D eigenvalue weighted by atomic mass is 9.99. The minimum Gasteiger partial charge on any atom is -0.316 e. The van der Waals surface area contributed by atoms with Gasteiger partial charge >= 0.3 is 0 Å². The van der Waals surface area contributed by atoms with Crippen molar-refractivity contribution < 1.29 is 0 Å². The minimum atomic E-state index is 0.915. The highest BCUT2D eigenvalue weighted by molar-refractivity contribution is 5.29. The Hall–Kier alpha value is -1.12. The van der Waals surface area contributed by atoms with E-state index in [-0.39, 0.29) is 0 Å². The van der Waals surface area contributed by atoms with Crippen molar-refractivity contribution in [3.05, 3.63) is 47.5 Å². The maximum absolute atomic E-state index is 4.09. The van der Waals surface area contributed by atoms with Crippen LogP contribution in [0.1, 0.15) is 11.1 Å². The first-order valence-corrected chi connectivity index (χ1v) is 5.90. The molecular weight excluding hydrogens is 196 g/mol. The predicted molar refractivity (Wildman–Crippen MR) is 68.5 cm³/mol. The highest BCUT2D eigenvalue weighted by atomic mass is 15.1. The second kappa shape index (κ2) is 5.28. The molecule has 0 aromatic heterocycles. The lowest BCUT2D eigenvalue weighted by Gasteiger charge is -2.29. The number of rotatable bonds is 4. The van der Waals surface area contributed by atoms with Crippen molar-refractivity contribution >= 4 is 0 Å². The predicted octanol–water partition coefficient (Wildman–Crippen LogP) is 1.82. The molecule has 0 fully saturated rings. The molecule has 2 rings (SSSR count). The van der Waals surface area contributed by atoms with Crippen LogP contribution in [0.4, 0.5) is 0 Å². The van der Waals surface area contributed by atoms with Crippen LogP contribution in [0.15, 0.2) is 36.4 Å². The average Bonchev–Trinajstić information content (AvgIpc) is 2.29. The van der Waals surface area contributed by atoms with E-state index in [1.165, 1.54) is 23.1 Å². The number of nitrogens with zero attached hydrogens (tertiary/aromatic N) is 1. The molecule has 0 spiro atoms. The first kappa shape index (κ1) is 11.4. The van der Waals surface area contributed by atoms with Crippen molar-refractivity contribution in [3.8, 4) is 0 Å². The SMILES string of the molecule is C=C(CNC)CN1CCc2ccccc2C1. The van der Waals surface area contributed by atoms with Gasteiger partial charge in [-0.15, -0.1) is 0 Å². The molecule has 0 unspecified atom stereocenters.